The monoisotopic (exact) mass is 251 g/mol. The summed E-state index contributed by atoms with van der Waals surface area (Å²) >= 11 is 0. The first-order valence-corrected chi connectivity index (χ1v) is 6.55. The molecule has 0 saturated heterocycles. The molecule has 1 aromatic rings. The Morgan fingerprint density at radius 2 is 2.06 bits per heavy atom. The minimum absolute atomic E-state index is 0.203. The fraction of sp³-hybridized carbons (Fsp3) is 0.600. The van der Waals surface area contributed by atoms with Crippen LogP contribution in [0.2, 0.25) is 0 Å². The van der Waals surface area contributed by atoms with Crippen molar-refractivity contribution >= 4 is 0 Å². The highest BCUT2D eigenvalue weighted by Crippen LogP contribution is 2.19. The van der Waals surface area contributed by atoms with Crippen LogP contribution in [-0.4, -0.2) is 42.9 Å². The largest absolute Gasteiger partial charge is 0.493 e. The van der Waals surface area contributed by atoms with Gasteiger partial charge in [-0.2, -0.15) is 0 Å². The maximum atomic E-state index is 9.03. The minimum Gasteiger partial charge on any atom is -0.493 e. The molecule has 3 nitrogen and oxygen atoms in total. The fourth-order valence-corrected chi connectivity index (χ4v) is 1.72. The third-order valence-electron chi connectivity index (χ3n) is 3.27. The van der Waals surface area contributed by atoms with Crippen molar-refractivity contribution in [3.05, 3.63) is 29.3 Å². The van der Waals surface area contributed by atoms with Crippen LogP contribution in [0.3, 0.4) is 0 Å². The molecule has 1 unspecified atom stereocenters. The van der Waals surface area contributed by atoms with Crippen LogP contribution in [0.1, 0.15) is 24.5 Å². The molecule has 0 bridgehead atoms. The van der Waals surface area contributed by atoms with Gasteiger partial charge in [0.1, 0.15) is 5.75 Å². The van der Waals surface area contributed by atoms with Gasteiger partial charge in [0.25, 0.3) is 0 Å². The fourth-order valence-electron chi connectivity index (χ4n) is 1.72. The maximum Gasteiger partial charge on any atom is 0.122 e. The molecule has 0 radical (unpaired) electrons. The molecule has 18 heavy (non-hydrogen) atoms. The summed E-state index contributed by atoms with van der Waals surface area (Å²) in [5, 5.41) is 9.03. The van der Waals surface area contributed by atoms with Crippen molar-refractivity contribution in [2.75, 3.05) is 26.8 Å². The predicted molar refractivity (Wildman–Crippen MR) is 75.2 cm³/mol. The van der Waals surface area contributed by atoms with E-state index in [1.165, 1.54) is 11.1 Å². The second kappa shape index (κ2) is 7.39. The lowest BCUT2D eigenvalue weighted by molar-refractivity contribution is 0.151. The van der Waals surface area contributed by atoms with Crippen LogP contribution in [0.25, 0.3) is 0 Å². The van der Waals surface area contributed by atoms with E-state index in [0.717, 1.165) is 18.7 Å². The van der Waals surface area contributed by atoms with Crippen LogP contribution in [0.4, 0.5) is 0 Å². The maximum absolute atomic E-state index is 9.03. The van der Waals surface area contributed by atoms with Gasteiger partial charge in [-0.15, -0.1) is 0 Å². The van der Waals surface area contributed by atoms with Crippen molar-refractivity contribution in [3.8, 4) is 5.75 Å². The Labute approximate surface area is 110 Å². The van der Waals surface area contributed by atoms with E-state index in [4.69, 9.17) is 9.84 Å². The van der Waals surface area contributed by atoms with Crippen LogP contribution in [-0.2, 0) is 0 Å². The molecule has 0 spiro atoms. The summed E-state index contributed by atoms with van der Waals surface area (Å²) < 4.78 is 5.79. The number of ether oxygens (including phenoxy) is 1. The zero-order valence-corrected chi connectivity index (χ0v) is 11.9. The Kier molecular flexibility index (Phi) is 6.16. The summed E-state index contributed by atoms with van der Waals surface area (Å²) in [6, 6.07) is 6.48. The van der Waals surface area contributed by atoms with Gasteiger partial charge in [0.05, 0.1) is 13.2 Å². The van der Waals surface area contributed by atoms with Crippen LogP contribution in [0.5, 0.6) is 5.75 Å². The average Bonchev–Trinajstić information content (AvgIpc) is 2.37. The molecular weight excluding hydrogens is 226 g/mol. The standard InChI is InChI=1S/C15H25NO2/c1-12-6-7-13(2)15(10-12)18-9-5-8-16(4)14(3)11-17/h6-7,10,14,17H,5,8-9,11H2,1-4H3. The Morgan fingerprint density at radius 1 is 1.33 bits per heavy atom. The van der Waals surface area contributed by atoms with E-state index in [1.807, 2.05) is 14.0 Å². The Hall–Kier alpha value is -1.06. The molecule has 0 fully saturated rings. The number of nitrogens with zero attached hydrogens (tertiary/aromatic N) is 1. The summed E-state index contributed by atoms with van der Waals surface area (Å²) in [6.45, 7) is 8.01. The lowest BCUT2D eigenvalue weighted by Gasteiger charge is -2.22. The second-order valence-electron chi connectivity index (χ2n) is 4.98. The molecule has 0 heterocycles. The average molecular weight is 251 g/mol. The number of likely N-dealkylation sites (N-methyl/N-ethyl adjacent to an activating group) is 1. The number of hydrogen-bond donors (Lipinski definition) is 1. The summed E-state index contributed by atoms with van der Waals surface area (Å²) in [5.74, 6) is 0.979. The van der Waals surface area contributed by atoms with Gasteiger partial charge in [-0.3, -0.25) is 0 Å². The molecule has 0 aromatic heterocycles. The highest BCUT2D eigenvalue weighted by atomic mass is 16.5. The topological polar surface area (TPSA) is 32.7 Å². The first-order chi connectivity index (χ1) is 8.54. The minimum atomic E-state index is 0.203. The lowest BCUT2D eigenvalue weighted by atomic mass is 10.1. The zero-order valence-electron chi connectivity index (χ0n) is 11.9. The van der Waals surface area contributed by atoms with Crippen molar-refractivity contribution < 1.29 is 9.84 Å². The van der Waals surface area contributed by atoms with E-state index in [0.29, 0.717) is 6.61 Å². The van der Waals surface area contributed by atoms with E-state index in [2.05, 4.69) is 36.9 Å². The first-order valence-electron chi connectivity index (χ1n) is 6.55. The SMILES string of the molecule is Cc1ccc(C)c(OCCCN(C)C(C)CO)c1. The summed E-state index contributed by atoms with van der Waals surface area (Å²) in [5.41, 5.74) is 2.40. The van der Waals surface area contributed by atoms with E-state index < -0.39 is 0 Å². The Morgan fingerprint density at radius 3 is 2.72 bits per heavy atom. The third-order valence-corrected chi connectivity index (χ3v) is 3.27. The van der Waals surface area contributed by atoms with E-state index in [9.17, 15) is 0 Å². The van der Waals surface area contributed by atoms with Gasteiger partial charge in [0.2, 0.25) is 0 Å². The van der Waals surface area contributed by atoms with Crippen LogP contribution >= 0.6 is 0 Å². The molecule has 1 N–H and O–H groups in total. The van der Waals surface area contributed by atoms with Crippen LogP contribution < -0.4 is 4.74 Å². The van der Waals surface area contributed by atoms with Crippen LogP contribution in [0, 0.1) is 13.8 Å². The molecule has 1 rings (SSSR count). The highest BCUT2D eigenvalue weighted by Gasteiger charge is 2.07. The smallest absolute Gasteiger partial charge is 0.122 e. The van der Waals surface area contributed by atoms with Crippen molar-refractivity contribution in [2.45, 2.75) is 33.2 Å². The van der Waals surface area contributed by atoms with Gasteiger partial charge in [-0.25, -0.2) is 0 Å². The summed E-state index contributed by atoms with van der Waals surface area (Å²) in [4.78, 5) is 2.15. The molecule has 1 aromatic carbocycles. The zero-order chi connectivity index (χ0) is 13.5. The predicted octanol–water partition coefficient (Wildman–Crippen LogP) is 2.38. The molecule has 0 aliphatic carbocycles. The normalized spacial score (nSPS) is 12.8. The van der Waals surface area contributed by atoms with E-state index in [1.54, 1.807) is 0 Å². The number of hydrogen-bond acceptors (Lipinski definition) is 3. The van der Waals surface area contributed by atoms with Crippen molar-refractivity contribution in [3.63, 3.8) is 0 Å². The number of benzene rings is 1. The first kappa shape index (κ1) is 15.0. The number of aryl methyl sites for hydroxylation is 2. The molecule has 0 aliphatic rings. The number of rotatable bonds is 7. The van der Waals surface area contributed by atoms with Gasteiger partial charge in [-0.05, 0) is 51.4 Å². The lowest BCUT2D eigenvalue weighted by Crippen LogP contribution is -2.33. The Bertz CT molecular complexity index is 366. The molecule has 0 saturated carbocycles. The van der Waals surface area contributed by atoms with Gasteiger partial charge in [-0.1, -0.05) is 12.1 Å². The number of aliphatic hydroxyl groups excluding tert-OH is 1. The quantitative estimate of drug-likeness (QED) is 0.755. The van der Waals surface area contributed by atoms with Gasteiger partial charge in [0, 0.05) is 12.6 Å². The molecule has 102 valence electrons. The number of aliphatic hydroxyl groups is 1. The van der Waals surface area contributed by atoms with Gasteiger partial charge < -0.3 is 14.7 Å². The Balaban J connectivity index is 2.31. The molecule has 3 heteroatoms. The molecule has 0 aliphatic heterocycles. The van der Waals surface area contributed by atoms with Gasteiger partial charge in [0.15, 0.2) is 0 Å². The highest BCUT2D eigenvalue weighted by molar-refractivity contribution is 5.35. The third kappa shape index (κ3) is 4.67. The van der Waals surface area contributed by atoms with Crippen LogP contribution in [0.15, 0.2) is 18.2 Å². The second-order valence-corrected chi connectivity index (χ2v) is 4.98. The molecule has 1 atom stereocenters. The van der Waals surface area contributed by atoms with Gasteiger partial charge >= 0.3 is 0 Å². The van der Waals surface area contributed by atoms with Crippen molar-refractivity contribution in [2.24, 2.45) is 0 Å². The van der Waals surface area contributed by atoms with Crippen molar-refractivity contribution in [1.82, 2.24) is 4.90 Å². The molecular formula is C15H25NO2. The van der Waals surface area contributed by atoms with Crippen molar-refractivity contribution in [1.29, 1.82) is 0 Å². The summed E-state index contributed by atoms with van der Waals surface area (Å²) in [6.07, 6.45) is 0.966. The van der Waals surface area contributed by atoms with E-state index >= 15 is 0 Å². The molecule has 0 amide bonds. The summed E-state index contributed by atoms with van der Waals surface area (Å²) in [7, 11) is 2.03. The van der Waals surface area contributed by atoms with E-state index in [-0.39, 0.29) is 12.6 Å².